The Morgan fingerprint density at radius 1 is 1.44 bits per heavy atom. The van der Waals surface area contributed by atoms with Crippen LogP contribution in [0.2, 0.25) is 0 Å². The molecular formula is C18H23FN4O2. The van der Waals surface area contributed by atoms with Crippen LogP contribution in [0.25, 0.3) is 0 Å². The lowest BCUT2D eigenvalue weighted by Crippen LogP contribution is -2.19. The van der Waals surface area contributed by atoms with Gasteiger partial charge in [-0.2, -0.15) is 5.10 Å². The van der Waals surface area contributed by atoms with Gasteiger partial charge in [0.05, 0.1) is 11.8 Å². The van der Waals surface area contributed by atoms with Crippen LogP contribution in [0.5, 0.6) is 0 Å². The molecule has 2 aromatic rings. The molecule has 0 aliphatic carbocycles. The summed E-state index contributed by atoms with van der Waals surface area (Å²) in [5.41, 5.74) is 0.886. The Morgan fingerprint density at radius 2 is 2.36 bits per heavy atom. The Labute approximate surface area is 146 Å². The first kappa shape index (κ1) is 17.4. The Morgan fingerprint density at radius 3 is 3.08 bits per heavy atom. The van der Waals surface area contributed by atoms with Gasteiger partial charge < -0.3 is 15.4 Å². The largest absolute Gasteiger partial charge is 0.380 e. The molecule has 1 aliphatic heterocycles. The number of halogens is 1. The maximum absolute atomic E-state index is 14.1. The van der Waals surface area contributed by atoms with Crippen molar-refractivity contribution in [3.05, 3.63) is 42.5 Å². The first-order valence-corrected chi connectivity index (χ1v) is 8.63. The number of nitrogens with zero attached hydrogens (tertiary/aromatic N) is 2. The van der Waals surface area contributed by atoms with Crippen LogP contribution in [0.15, 0.2) is 36.7 Å². The van der Waals surface area contributed by atoms with E-state index in [2.05, 4.69) is 15.7 Å². The van der Waals surface area contributed by atoms with Crippen molar-refractivity contribution in [1.29, 1.82) is 0 Å². The summed E-state index contributed by atoms with van der Waals surface area (Å²) in [4.78, 5) is 11.9. The van der Waals surface area contributed by atoms with E-state index in [0.29, 0.717) is 37.3 Å². The molecule has 1 fully saturated rings. The summed E-state index contributed by atoms with van der Waals surface area (Å²) < 4.78 is 21.4. The van der Waals surface area contributed by atoms with Gasteiger partial charge in [-0.25, -0.2) is 4.39 Å². The van der Waals surface area contributed by atoms with Crippen LogP contribution in [0.4, 0.5) is 15.8 Å². The summed E-state index contributed by atoms with van der Waals surface area (Å²) in [7, 11) is 0. The molecule has 2 heterocycles. The third-order valence-electron chi connectivity index (χ3n) is 4.15. The molecule has 1 amide bonds. The summed E-state index contributed by atoms with van der Waals surface area (Å²) in [5.74, 6) is -0.515. The Hall–Kier alpha value is -2.41. The maximum atomic E-state index is 14.1. The van der Waals surface area contributed by atoms with Crippen LogP contribution < -0.4 is 10.6 Å². The zero-order valence-electron chi connectivity index (χ0n) is 14.1. The van der Waals surface area contributed by atoms with Gasteiger partial charge in [0.2, 0.25) is 5.91 Å². The highest BCUT2D eigenvalue weighted by Crippen LogP contribution is 2.20. The number of benzene rings is 1. The van der Waals surface area contributed by atoms with Gasteiger partial charge in [-0.3, -0.25) is 9.48 Å². The van der Waals surface area contributed by atoms with Crippen LogP contribution in [0.1, 0.15) is 25.7 Å². The van der Waals surface area contributed by atoms with Crippen molar-refractivity contribution in [2.24, 2.45) is 0 Å². The number of anilines is 2. The number of hydrogen-bond donors (Lipinski definition) is 2. The number of carbonyl (C=O) groups excluding carboxylic acids is 1. The lowest BCUT2D eigenvalue weighted by Gasteiger charge is -2.13. The molecule has 1 aliphatic rings. The zero-order valence-corrected chi connectivity index (χ0v) is 14.1. The highest BCUT2D eigenvalue weighted by molar-refractivity contribution is 5.90. The van der Waals surface area contributed by atoms with E-state index in [1.165, 1.54) is 6.07 Å². The first-order valence-electron chi connectivity index (χ1n) is 8.63. The number of rotatable bonds is 8. The molecular weight excluding hydrogens is 323 g/mol. The van der Waals surface area contributed by atoms with Crippen molar-refractivity contribution in [1.82, 2.24) is 9.78 Å². The monoisotopic (exact) mass is 346 g/mol. The van der Waals surface area contributed by atoms with E-state index in [1.54, 1.807) is 23.0 Å². The predicted octanol–water partition coefficient (Wildman–Crippen LogP) is 3.03. The molecule has 2 N–H and O–H groups in total. The molecule has 0 spiro atoms. The van der Waals surface area contributed by atoms with Crippen molar-refractivity contribution in [3.8, 4) is 0 Å². The molecule has 0 bridgehead atoms. The average molecular weight is 346 g/mol. The minimum atomic E-state index is -0.382. The Kier molecular flexibility index (Phi) is 6.00. The summed E-state index contributed by atoms with van der Waals surface area (Å²) in [6, 6.07) is 6.52. The van der Waals surface area contributed by atoms with E-state index in [4.69, 9.17) is 4.74 Å². The molecule has 1 atom stereocenters. The second-order valence-corrected chi connectivity index (χ2v) is 6.13. The van der Waals surface area contributed by atoms with Gasteiger partial charge in [0.15, 0.2) is 0 Å². The van der Waals surface area contributed by atoms with Crippen molar-refractivity contribution >= 4 is 17.3 Å². The quantitative estimate of drug-likeness (QED) is 0.771. The third-order valence-corrected chi connectivity index (χ3v) is 4.15. The number of aromatic nitrogens is 2. The van der Waals surface area contributed by atoms with Gasteiger partial charge in [-0.15, -0.1) is 0 Å². The number of ether oxygens (including phenoxy) is 1. The van der Waals surface area contributed by atoms with Crippen molar-refractivity contribution in [2.75, 3.05) is 23.8 Å². The van der Waals surface area contributed by atoms with E-state index in [0.717, 1.165) is 19.4 Å². The molecule has 25 heavy (non-hydrogen) atoms. The van der Waals surface area contributed by atoms with Crippen molar-refractivity contribution in [2.45, 2.75) is 38.3 Å². The molecule has 134 valence electrons. The molecule has 1 aromatic heterocycles. The lowest BCUT2D eigenvalue weighted by molar-refractivity contribution is -0.116. The predicted molar refractivity (Wildman–Crippen MR) is 94.0 cm³/mol. The number of carbonyl (C=O) groups is 1. The molecule has 7 heteroatoms. The van der Waals surface area contributed by atoms with E-state index in [-0.39, 0.29) is 17.8 Å². The fourth-order valence-electron chi connectivity index (χ4n) is 2.82. The van der Waals surface area contributed by atoms with Crippen LogP contribution in [-0.2, 0) is 16.1 Å². The summed E-state index contributed by atoms with van der Waals surface area (Å²) in [5, 5.41) is 9.87. The minimum Gasteiger partial charge on any atom is -0.380 e. The van der Waals surface area contributed by atoms with E-state index < -0.39 is 0 Å². The summed E-state index contributed by atoms with van der Waals surface area (Å²) >= 11 is 0. The van der Waals surface area contributed by atoms with E-state index in [9.17, 15) is 9.18 Å². The van der Waals surface area contributed by atoms with E-state index >= 15 is 0 Å². The highest BCUT2D eigenvalue weighted by atomic mass is 19.1. The number of aryl methyl sites for hydroxylation is 1. The summed E-state index contributed by atoms with van der Waals surface area (Å²) in [6.07, 6.45) is 6.81. The number of nitrogens with one attached hydrogen (secondary N) is 2. The van der Waals surface area contributed by atoms with Crippen molar-refractivity contribution < 1.29 is 13.9 Å². The molecule has 0 radical (unpaired) electrons. The van der Waals surface area contributed by atoms with Crippen LogP contribution in [0.3, 0.4) is 0 Å². The number of amides is 1. The van der Waals surface area contributed by atoms with Gasteiger partial charge in [-0.05, 0) is 43.5 Å². The molecule has 0 saturated carbocycles. The highest BCUT2D eigenvalue weighted by Gasteiger charge is 2.15. The fourth-order valence-corrected chi connectivity index (χ4v) is 2.82. The number of hydrogen-bond acceptors (Lipinski definition) is 4. The average Bonchev–Trinajstić information content (AvgIpc) is 3.27. The topological polar surface area (TPSA) is 68.2 Å². The maximum Gasteiger partial charge on any atom is 0.224 e. The lowest BCUT2D eigenvalue weighted by atomic mass is 10.2. The normalized spacial score (nSPS) is 16.8. The summed E-state index contributed by atoms with van der Waals surface area (Å²) in [6.45, 7) is 2.05. The van der Waals surface area contributed by atoms with Gasteiger partial charge in [0.25, 0.3) is 0 Å². The van der Waals surface area contributed by atoms with Crippen LogP contribution in [0, 0.1) is 5.82 Å². The molecule has 3 rings (SSSR count). The van der Waals surface area contributed by atoms with Gasteiger partial charge in [0.1, 0.15) is 5.82 Å². The van der Waals surface area contributed by atoms with Crippen molar-refractivity contribution in [3.63, 3.8) is 0 Å². The smallest absolute Gasteiger partial charge is 0.224 e. The molecule has 0 unspecified atom stereocenters. The first-order chi connectivity index (χ1) is 12.2. The Bertz CT molecular complexity index is 684. The van der Waals surface area contributed by atoms with Gasteiger partial charge >= 0.3 is 0 Å². The SMILES string of the molecule is O=C(CCCn1cccn1)Nc1ccc(NC[C@@H]2CCCO2)c(F)c1. The fraction of sp³-hybridized carbons (Fsp3) is 0.444. The van der Waals surface area contributed by atoms with Gasteiger partial charge in [-0.1, -0.05) is 0 Å². The molecule has 1 saturated heterocycles. The zero-order chi connectivity index (χ0) is 17.5. The van der Waals surface area contributed by atoms with Gasteiger partial charge in [0, 0.05) is 44.2 Å². The Balaban J connectivity index is 1.43. The second-order valence-electron chi connectivity index (χ2n) is 6.13. The minimum absolute atomic E-state index is 0.133. The van der Waals surface area contributed by atoms with E-state index in [1.807, 2.05) is 12.3 Å². The molecule has 6 nitrogen and oxygen atoms in total. The molecule has 1 aromatic carbocycles. The van der Waals surface area contributed by atoms with Crippen LogP contribution in [-0.4, -0.2) is 34.9 Å². The standard InChI is InChI=1S/C18H23FN4O2/c19-16-12-14(6-7-17(16)20-13-15-4-2-11-25-15)22-18(24)5-1-9-23-10-3-8-21-23/h3,6-8,10,12,15,20H,1-2,4-5,9,11,13H2,(H,22,24)/t15-/m0/s1. The van der Waals surface area contributed by atoms with Crippen LogP contribution >= 0.6 is 0 Å². The second kappa shape index (κ2) is 8.62. The third kappa shape index (κ3) is 5.29.